The molecule has 0 fully saturated rings. The molecule has 1 aliphatic heterocycles. The third kappa shape index (κ3) is 2.96. The molecule has 20 heavy (non-hydrogen) atoms. The monoisotopic (exact) mass is 299 g/mol. The van der Waals surface area contributed by atoms with Crippen LogP contribution in [0.5, 0.6) is 5.75 Å². The van der Waals surface area contributed by atoms with Gasteiger partial charge < -0.3 is 9.47 Å². The number of rotatable bonds is 4. The maximum Gasteiger partial charge on any atom is 0.188 e. The Kier molecular flexibility index (Phi) is 5.00. The lowest BCUT2D eigenvalue weighted by Crippen LogP contribution is -2.20. The molecule has 0 N–H and O–H groups in total. The molecule has 0 aliphatic carbocycles. The first kappa shape index (κ1) is 15.3. The molecule has 0 spiro atoms. The van der Waals surface area contributed by atoms with Gasteiger partial charge in [-0.2, -0.15) is 0 Å². The van der Waals surface area contributed by atoms with Crippen molar-refractivity contribution in [3.8, 4) is 5.75 Å². The van der Waals surface area contributed by atoms with Crippen molar-refractivity contribution in [3.05, 3.63) is 28.0 Å². The number of ether oxygens (including phenoxy) is 2. The van der Waals surface area contributed by atoms with Gasteiger partial charge in [0, 0.05) is 24.9 Å². The van der Waals surface area contributed by atoms with Crippen molar-refractivity contribution in [2.24, 2.45) is 10.9 Å². The van der Waals surface area contributed by atoms with Gasteiger partial charge in [0.15, 0.2) is 12.6 Å². The summed E-state index contributed by atoms with van der Waals surface area (Å²) in [4.78, 5) is 4.47. The SMILES string of the molecule is COCOc1c(C)cc(C2=NCCCC2C)c(F)c1Cl. The van der Waals surface area contributed by atoms with E-state index in [0.29, 0.717) is 11.3 Å². The van der Waals surface area contributed by atoms with E-state index in [1.807, 2.05) is 6.92 Å². The van der Waals surface area contributed by atoms with Crippen LogP contribution in [0.4, 0.5) is 4.39 Å². The molecule has 0 aromatic heterocycles. The van der Waals surface area contributed by atoms with Crippen molar-refractivity contribution in [1.82, 2.24) is 0 Å². The normalized spacial score (nSPS) is 18.9. The second kappa shape index (κ2) is 6.55. The maximum atomic E-state index is 14.5. The Labute approximate surface area is 123 Å². The summed E-state index contributed by atoms with van der Waals surface area (Å²) >= 11 is 6.10. The van der Waals surface area contributed by atoms with Crippen molar-refractivity contribution in [2.75, 3.05) is 20.4 Å². The number of methoxy groups -OCH3 is 1. The molecular formula is C15H19ClFNO2. The second-order valence-electron chi connectivity index (χ2n) is 5.06. The zero-order chi connectivity index (χ0) is 14.7. The summed E-state index contributed by atoms with van der Waals surface area (Å²) in [6, 6.07) is 1.76. The van der Waals surface area contributed by atoms with Gasteiger partial charge in [0.1, 0.15) is 10.8 Å². The van der Waals surface area contributed by atoms with E-state index in [9.17, 15) is 4.39 Å². The van der Waals surface area contributed by atoms with E-state index in [2.05, 4.69) is 11.9 Å². The van der Waals surface area contributed by atoms with Crippen molar-refractivity contribution in [2.45, 2.75) is 26.7 Å². The van der Waals surface area contributed by atoms with Crippen molar-refractivity contribution >= 4 is 17.3 Å². The van der Waals surface area contributed by atoms with Gasteiger partial charge in [-0.05, 0) is 37.3 Å². The third-order valence-corrected chi connectivity index (χ3v) is 3.83. The minimum absolute atomic E-state index is 0.00229. The smallest absolute Gasteiger partial charge is 0.188 e. The van der Waals surface area contributed by atoms with Gasteiger partial charge in [0.05, 0.1) is 0 Å². The van der Waals surface area contributed by atoms with Crippen LogP contribution in [-0.4, -0.2) is 26.2 Å². The number of nitrogens with zero attached hydrogens (tertiary/aromatic N) is 1. The summed E-state index contributed by atoms with van der Waals surface area (Å²) in [6.45, 7) is 4.69. The van der Waals surface area contributed by atoms with Gasteiger partial charge in [0.25, 0.3) is 0 Å². The number of benzene rings is 1. The highest BCUT2D eigenvalue weighted by molar-refractivity contribution is 6.32. The molecule has 1 heterocycles. The van der Waals surface area contributed by atoms with Crippen LogP contribution in [0.2, 0.25) is 5.02 Å². The summed E-state index contributed by atoms with van der Waals surface area (Å²) in [5.41, 5.74) is 2.07. The molecule has 110 valence electrons. The van der Waals surface area contributed by atoms with Crippen LogP contribution >= 0.6 is 11.6 Å². The highest BCUT2D eigenvalue weighted by Crippen LogP contribution is 2.35. The molecule has 1 aromatic rings. The Hall–Kier alpha value is -1.13. The first-order chi connectivity index (χ1) is 9.56. The second-order valence-corrected chi connectivity index (χ2v) is 5.44. The lowest BCUT2D eigenvalue weighted by molar-refractivity contribution is 0.0505. The summed E-state index contributed by atoms with van der Waals surface area (Å²) in [7, 11) is 1.51. The van der Waals surface area contributed by atoms with E-state index < -0.39 is 5.82 Å². The molecule has 0 bridgehead atoms. The molecule has 2 rings (SSSR count). The average Bonchev–Trinajstić information content (AvgIpc) is 2.44. The number of hydrogen-bond donors (Lipinski definition) is 0. The fourth-order valence-corrected chi connectivity index (χ4v) is 2.76. The summed E-state index contributed by atoms with van der Waals surface area (Å²) in [5.74, 6) is 0.120. The van der Waals surface area contributed by atoms with E-state index in [1.54, 1.807) is 6.07 Å². The molecule has 3 nitrogen and oxygen atoms in total. The number of aliphatic imine (C=N–C) groups is 1. The van der Waals surface area contributed by atoms with Crippen LogP contribution in [-0.2, 0) is 4.74 Å². The summed E-state index contributed by atoms with van der Waals surface area (Å²) in [6.07, 6.45) is 2.07. The van der Waals surface area contributed by atoms with Gasteiger partial charge in [0.2, 0.25) is 0 Å². The maximum absolute atomic E-state index is 14.5. The van der Waals surface area contributed by atoms with Crippen molar-refractivity contribution in [3.63, 3.8) is 0 Å². The van der Waals surface area contributed by atoms with Crippen LogP contribution in [0.3, 0.4) is 0 Å². The zero-order valence-corrected chi connectivity index (χ0v) is 12.8. The van der Waals surface area contributed by atoms with Gasteiger partial charge in [-0.3, -0.25) is 4.99 Å². The average molecular weight is 300 g/mol. The number of hydrogen-bond acceptors (Lipinski definition) is 3. The molecule has 0 radical (unpaired) electrons. The number of aryl methyl sites for hydroxylation is 1. The topological polar surface area (TPSA) is 30.8 Å². The Morgan fingerprint density at radius 1 is 1.50 bits per heavy atom. The highest BCUT2D eigenvalue weighted by atomic mass is 35.5. The zero-order valence-electron chi connectivity index (χ0n) is 12.0. The Balaban J connectivity index is 2.43. The lowest BCUT2D eigenvalue weighted by atomic mass is 9.90. The minimum Gasteiger partial charge on any atom is -0.466 e. The van der Waals surface area contributed by atoms with Crippen LogP contribution < -0.4 is 4.74 Å². The highest BCUT2D eigenvalue weighted by Gasteiger charge is 2.24. The van der Waals surface area contributed by atoms with E-state index in [4.69, 9.17) is 21.1 Å². The van der Waals surface area contributed by atoms with E-state index >= 15 is 0 Å². The Morgan fingerprint density at radius 3 is 2.90 bits per heavy atom. The first-order valence-electron chi connectivity index (χ1n) is 6.71. The Bertz CT molecular complexity index is 531. The molecule has 0 amide bonds. The standard InChI is InChI=1S/C15H19ClFNO2/c1-9-5-4-6-18-14(9)11-7-10(2)15(20-8-19-3)12(16)13(11)17/h7,9H,4-6,8H2,1-3H3. The van der Waals surface area contributed by atoms with Crippen LogP contribution in [0, 0.1) is 18.7 Å². The predicted molar refractivity (Wildman–Crippen MR) is 78.5 cm³/mol. The molecular weight excluding hydrogens is 281 g/mol. The largest absolute Gasteiger partial charge is 0.466 e. The Morgan fingerprint density at radius 2 is 2.25 bits per heavy atom. The lowest BCUT2D eigenvalue weighted by Gasteiger charge is -2.21. The molecule has 1 aromatic carbocycles. The predicted octanol–water partition coefficient (Wildman–Crippen LogP) is 3.99. The van der Waals surface area contributed by atoms with Gasteiger partial charge in [-0.15, -0.1) is 0 Å². The first-order valence-corrected chi connectivity index (χ1v) is 7.09. The van der Waals surface area contributed by atoms with Crippen LogP contribution in [0.15, 0.2) is 11.1 Å². The molecule has 0 saturated carbocycles. The third-order valence-electron chi connectivity index (χ3n) is 3.49. The molecule has 0 saturated heterocycles. The molecule has 1 unspecified atom stereocenters. The molecule has 1 atom stereocenters. The van der Waals surface area contributed by atoms with Crippen LogP contribution in [0.25, 0.3) is 0 Å². The van der Waals surface area contributed by atoms with E-state index in [-0.39, 0.29) is 17.7 Å². The summed E-state index contributed by atoms with van der Waals surface area (Å²) in [5, 5.41) is -0.00229. The van der Waals surface area contributed by atoms with Gasteiger partial charge in [-0.25, -0.2) is 4.39 Å². The fourth-order valence-electron chi connectivity index (χ4n) is 2.46. The van der Waals surface area contributed by atoms with E-state index in [1.165, 1.54) is 7.11 Å². The molecule has 5 heteroatoms. The van der Waals surface area contributed by atoms with E-state index in [0.717, 1.165) is 30.7 Å². The van der Waals surface area contributed by atoms with Crippen LogP contribution in [0.1, 0.15) is 30.9 Å². The van der Waals surface area contributed by atoms with Gasteiger partial charge >= 0.3 is 0 Å². The summed E-state index contributed by atoms with van der Waals surface area (Å²) < 4.78 is 24.7. The number of halogens is 2. The van der Waals surface area contributed by atoms with Gasteiger partial charge in [-0.1, -0.05) is 18.5 Å². The minimum atomic E-state index is -0.462. The van der Waals surface area contributed by atoms with Crippen molar-refractivity contribution in [1.29, 1.82) is 0 Å². The fraction of sp³-hybridized carbons (Fsp3) is 0.533. The molecule has 1 aliphatic rings. The van der Waals surface area contributed by atoms with Crippen molar-refractivity contribution < 1.29 is 13.9 Å². The quantitative estimate of drug-likeness (QED) is 0.787.